The average Bonchev–Trinajstić information content (AvgIpc) is 2.17. The van der Waals surface area contributed by atoms with Crippen molar-refractivity contribution < 1.29 is 13.9 Å². The molecule has 0 atom stereocenters. The van der Waals surface area contributed by atoms with Gasteiger partial charge in [0.15, 0.2) is 0 Å². The van der Waals surface area contributed by atoms with Crippen LogP contribution in [0.25, 0.3) is 0 Å². The van der Waals surface area contributed by atoms with Gasteiger partial charge < -0.3 is 4.74 Å². The summed E-state index contributed by atoms with van der Waals surface area (Å²) in [6, 6.07) is 2.61. The van der Waals surface area contributed by atoms with E-state index in [-0.39, 0.29) is 12.3 Å². The number of hydrogen-bond acceptors (Lipinski definition) is 2. The predicted molar refractivity (Wildman–Crippen MR) is 59.4 cm³/mol. The van der Waals surface area contributed by atoms with Crippen molar-refractivity contribution >= 4 is 33.5 Å². The number of benzene rings is 1. The number of ether oxygens (including phenoxy) is 1. The van der Waals surface area contributed by atoms with Crippen LogP contribution >= 0.6 is 27.5 Å². The molecule has 82 valence electrons. The molecule has 0 heterocycles. The van der Waals surface area contributed by atoms with Crippen LogP contribution in [0.3, 0.4) is 0 Å². The Hall–Kier alpha value is -0.610. The van der Waals surface area contributed by atoms with Gasteiger partial charge in [0.1, 0.15) is 5.82 Å². The summed E-state index contributed by atoms with van der Waals surface area (Å²) in [5.74, 6) is -0.610. The third kappa shape index (κ3) is 3.18. The van der Waals surface area contributed by atoms with Gasteiger partial charge in [-0.05, 0) is 23.3 Å². The molecular formula is C10H9BrClFO2. The van der Waals surface area contributed by atoms with Gasteiger partial charge in [0.25, 0.3) is 0 Å². The Kier molecular flexibility index (Phi) is 4.54. The molecule has 0 saturated heterocycles. The van der Waals surface area contributed by atoms with Gasteiger partial charge in [0, 0.05) is 10.4 Å². The van der Waals surface area contributed by atoms with Crippen molar-refractivity contribution in [3.8, 4) is 0 Å². The van der Waals surface area contributed by atoms with Crippen LogP contribution in [0, 0.1) is 5.82 Å². The van der Waals surface area contributed by atoms with Crippen molar-refractivity contribution in [3.05, 3.63) is 33.5 Å². The van der Waals surface area contributed by atoms with Crippen molar-refractivity contribution in [1.29, 1.82) is 0 Å². The quantitative estimate of drug-likeness (QED) is 0.633. The third-order valence-corrected chi connectivity index (χ3v) is 2.92. The molecule has 1 aromatic rings. The van der Waals surface area contributed by atoms with E-state index >= 15 is 0 Å². The number of carbonyl (C=O) groups excluding carboxylic acids is 1. The SMILES string of the molecule is COC(=O)Cc1cc(F)cc(Br)c1CCl. The van der Waals surface area contributed by atoms with Crippen LogP contribution < -0.4 is 0 Å². The maximum Gasteiger partial charge on any atom is 0.309 e. The molecule has 0 spiro atoms. The van der Waals surface area contributed by atoms with Crippen LogP contribution in [-0.2, 0) is 21.8 Å². The van der Waals surface area contributed by atoms with Crippen molar-refractivity contribution in [2.75, 3.05) is 7.11 Å². The fourth-order valence-corrected chi connectivity index (χ4v) is 2.28. The third-order valence-electron chi connectivity index (χ3n) is 1.95. The van der Waals surface area contributed by atoms with E-state index in [1.807, 2.05) is 0 Å². The van der Waals surface area contributed by atoms with E-state index in [4.69, 9.17) is 11.6 Å². The number of esters is 1. The molecule has 0 bridgehead atoms. The summed E-state index contributed by atoms with van der Waals surface area (Å²) in [5.41, 5.74) is 1.26. The number of carbonyl (C=O) groups is 1. The van der Waals surface area contributed by atoms with Gasteiger partial charge in [-0.25, -0.2) is 4.39 Å². The second-order valence-corrected chi connectivity index (χ2v) is 4.03. The zero-order valence-electron chi connectivity index (χ0n) is 8.02. The van der Waals surface area contributed by atoms with Gasteiger partial charge in [-0.15, -0.1) is 11.6 Å². The first-order valence-electron chi connectivity index (χ1n) is 4.18. The Bertz CT molecular complexity index is 382. The van der Waals surface area contributed by atoms with Gasteiger partial charge >= 0.3 is 5.97 Å². The fourth-order valence-electron chi connectivity index (χ4n) is 1.19. The van der Waals surface area contributed by atoms with E-state index in [2.05, 4.69) is 20.7 Å². The molecule has 0 aliphatic rings. The molecule has 15 heavy (non-hydrogen) atoms. The first-order valence-corrected chi connectivity index (χ1v) is 5.50. The van der Waals surface area contributed by atoms with Crippen LogP contribution in [0.5, 0.6) is 0 Å². The molecule has 0 aromatic heterocycles. The lowest BCUT2D eigenvalue weighted by Crippen LogP contribution is -2.07. The summed E-state index contributed by atoms with van der Waals surface area (Å²) in [6.45, 7) is 0. The van der Waals surface area contributed by atoms with Crippen molar-refractivity contribution in [1.82, 2.24) is 0 Å². The first-order chi connectivity index (χ1) is 7.08. The van der Waals surface area contributed by atoms with Crippen LogP contribution in [0.4, 0.5) is 4.39 Å². The van der Waals surface area contributed by atoms with Gasteiger partial charge in [-0.2, -0.15) is 0 Å². The zero-order chi connectivity index (χ0) is 11.4. The van der Waals surface area contributed by atoms with Gasteiger partial charge in [0.2, 0.25) is 0 Å². The minimum absolute atomic E-state index is 0.0227. The number of rotatable bonds is 3. The number of hydrogen-bond donors (Lipinski definition) is 0. The molecule has 1 aromatic carbocycles. The van der Waals surface area contributed by atoms with Crippen LogP contribution in [0.1, 0.15) is 11.1 Å². The summed E-state index contributed by atoms with van der Waals surface area (Å²) in [4.78, 5) is 11.1. The van der Waals surface area contributed by atoms with Gasteiger partial charge in [-0.3, -0.25) is 4.79 Å². The van der Waals surface area contributed by atoms with Crippen molar-refractivity contribution in [2.45, 2.75) is 12.3 Å². The maximum atomic E-state index is 13.1. The van der Waals surface area contributed by atoms with E-state index in [1.54, 1.807) is 0 Å². The highest BCUT2D eigenvalue weighted by atomic mass is 79.9. The highest BCUT2D eigenvalue weighted by molar-refractivity contribution is 9.10. The Morgan fingerprint density at radius 3 is 2.80 bits per heavy atom. The second-order valence-electron chi connectivity index (χ2n) is 2.91. The molecular weight excluding hydrogens is 286 g/mol. The highest BCUT2D eigenvalue weighted by Gasteiger charge is 2.12. The molecule has 2 nitrogen and oxygen atoms in total. The fraction of sp³-hybridized carbons (Fsp3) is 0.300. The molecule has 0 unspecified atom stereocenters. The van der Waals surface area contributed by atoms with E-state index in [1.165, 1.54) is 19.2 Å². The highest BCUT2D eigenvalue weighted by Crippen LogP contribution is 2.24. The standard InChI is InChI=1S/C10H9BrClFO2/c1-15-10(14)3-6-2-7(13)4-9(11)8(6)5-12/h2,4H,3,5H2,1H3. The molecule has 0 N–H and O–H groups in total. The molecule has 0 aliphatic heterocycles. The molecule has 1 rings (SSSR count). The molecule has 0 amide bonds. The van der Waals surface area contributed by atoms with E-state index in [9.17, 15) is 9.18 Å². The summed E-state index contributed by atoms with van der Waals surface area (Å²) >= 11 is 8.91. The van der Waals surface area contributed by atoms with Crippen molar-refractivity contribution in [2.24, 2.45) is 0 Å². The zero-order valence-corrected chi connectivity index (χ0v) is 10.4. The summed E-state index contributed by atoms with van der Waals surface area (Å²) in [5, 5.41) is 0. The number of alkyl halides is 1. The first kappa shape index (κ1) is 12.5. The summed E-state index contributed by atoms with van der Waals surface area (Å²) in [7, 11) is 1.29. The smallest absolute Gasteiger partial charge is 0.309 e. The Balaban J connectivity index is 3.09. The summed E-state index contributed by atoms with van der Waals surface area (Å²) < 4.78 is 18.2. The Morgan fingerprint density at radius 2 is 2.27 bits per heavy atom. The van der Waals surface area contributed by atoms with Crippen LogP contribution in [-0.4, -0.2) is 13.1 Å². The Morgan fingerprint density at radius 1 is 1.60 bits per heavy atom. The van der Waals surface area contributed by atoms with E-state index in [0.717, 1.165) is 0 Å². The second kappa shape index (κ2) is 5.47. The normalized spacial score (nSPS) is 10.1. The summed E-state index contributed by atoms with van der Waals surface area (Å²) in [6.07, 6.45) is 0.0227. The van der Waals surface area contributed by atoms with Crippen LogP contribution in [0.2, 0.25) is 0 Å². The lowest BCUT2D eigenvalue weighted by molar-refractivity contribution is -0.139. The predicted octanol–water partition coefficient (Wildman–Crippen LogP) is 3.04. The van der Waals surface area contributed by atoms with Gasteiger partial charge in [-0.1, -0.05) is 15.9 Å². The number of methoxy groups -OCH3 is 1. The lowest BCUT2D eigenvalue weighted by Gasteiger charge is -2.08. The average molecular weight is 296 g/mol. The topological polar surface area (TPSA) is 26.3 Å². The minimum Gasteiger partial charge on any atom is -0.469 e. The lowest BCUT2D eigenvalue weighted by atomic mass is 10.1. The number of halogens is 3. The van der Waals surface area contributed by atoms with Gasteiger partial charge in [0.05, 0.1) is 13.5 Å². The molecule has 5 heteroatoms. The molecule has 0 fully saturated rings. The Labute approximate surface area is 101 Å². The minimum atomic E-state index is -0.418. The van der Waals surface area contributed by atoms with E-state index in [0.29, 0.717) is 15.6 Å². The van der Waals surface area contributed by atoms with Crippen molar-refractivity contribution in [3.63, 3.8) is 0 Å². The largest absolute Gasteiger partial charge is 0.469 e. The molecule has 0 radical (unpaired) electrons. The maximum absolute atomic E-state index is 13.1. The van der Waals surface area contributed by atoms with E-state index < -0.39 is 11.8 Å². The van der Waals surface area contributed by atoms with Crippen LogP contribution in [0.15, 0.2) is 16.6 Å². The molecule has 0 aliphatic carbocycles. The molecule has 0 saturated carbocycles. The monoisotopic (exact) mass is 294 g/mol.